The Hall–Kier alpha value is -2.29. The Balaban J connectivity index is 0.000000552. The molecule has 0 unspecified atom stereocenters. The number of rotatable bonds is 4. The Kier molecular flexibility index (Phi) is 7.26. The third-order valence-corrected chi connectivity index (χ3v) is 4.81. The lowest BCUT2D eigenvalue weighted by Gasteiger charge is -2.38. The van der Waals surface area contributed by atoms with E-state index in [-0.39, 0.29) is 11.5 Å². The number of benzene rings is 2. The molecule has 0 aromatic heterocycles. The fourth-order valence-corrected chi connectivity index (χ4v) is 3.78. The first-order valence-corrected chi connectivity index (χ1v) is 9.46. The second-order valence-electron chi connectivity index (χ2n) is 7.22. The van der Waals surface area contributed by atoms with Crippen LogP contribution in [0.1, 0.15) is 64.0 Å². The van der Waals surface area contributed by atoms with E-state index in [1.807, 2.05) is 0 Å². The van der Waals surface area contributed by atoms with Crippen molar-refractivity contribution in [1.82, 2.24) is 0 Å². The van der Waals surface area contributed by atoms with Gasteiger partial charge >= 0.3 is 0 Å². The molecule has 140 valence electrons. The Labute approximate surface area is 157 Å². The summed E-state index contributed by atoms with van der Waals surface area (Å²) in [5.74, 6) is 0.137. The number of hydrogen-bond donors (Lipinski definition) is 1. The maximum atomic E-state index is 9.00. The Morgan fingerprint density at radius 3 is 1.92 bits per heavy atom. The molecular weight excluding hydrogens is 324 g/mol. The standard InChI is InChI=1S/C21H26O.C2H4O2/c1-17(2)22-20-13-11-19(12-14-20)21(15-7-4-8-16-21)18-9-5-3-6-10-18;1-2(3)4/h3,5-6,9-14,17H,4,7-8,15-16H2,1-2H3;1H3,(H,3,4). The van der Waals surface area contributed by atoms with E-state index in [1.165, 1.54) is 43.2 Å². The Morgan fingerprint density at radius 2 is 1.42 bits per heavy atom. The average molecular weight is 354 g/mol. The Bertz CT molecular complexity index is 664. The molecule has 0 saturated heterocycles. The predicted molar refractivity (Wildman–Crippen MR) is 106 cm³/mol. The zero-order valence-corrected chi connectivity index (χ0v) is 16.1. The second-order valence-corrected chi connectivity index (χ2v) is 7.22. The summed E-state index contributed by atoms with van der Waals surface area (Å²) in [6.07, 6.45) is 6.73. The van der Waals surface area contributed by atoms with Gasteiger partial charge in [-0.2, -0.15) is 0 Å². The predicted octanol–water partition coefficient (Wildman–Crippen LogP) is 5.81. The van der Waals surface area contributed by atoms with Gasteiger partial charge in [0.05, 0.1) is 6.10 Å². The van der Waals surface area contributed by atoms with Gasteiger partial charge in [0.25, 0.3) is 5.97 Å². The van der Waals surface area contributed by atoms with Crippen LogP contribution in [0.5, 0.6) is 5.75 Å². The first kappa shape index (κ1) is 20.0. The van der Waals surface area contributed by atoms with Gasteiger partial charge in [-0.05, 0) is 49.9 Å². The van der Waals surface area contributed by atoms with Gasteiger partial charge in [0.1, 0.15) is 5.75 Å². The number of aliphatic carboxylic acids is 1. The van der Waals surface area contributed by atoms with E-state index in [2.05, 4.69) is 68.4 Å². The van der Waals surface area contributed by atoms with Crippen molar-refractivity contribution in [3.8, 4) is 5.75 Å². The van der Waals surface area contributed by atoms with Crippen LogP contribution in [0, 0.1) is 0 Å². The number of carboxylic acid groups (broad SMARTS) is 1. The maximum Gasteiger partial charge on any atom is 0.300 e. The highest BCUT2D eigenvalue weighted by Crippen LogP contribution is 2.45. The summed E-state index contributed by atoms with van der Waals surface area (Å²) >= 11 is 0. The fourth-order valence-electron chi connectivity index (χ4n) is 3.78. The van der Waals surface area contributed by atoms with E-state index in [1.54, 1.807) is 0 Å². The highest BCUT2D eigenvalue weighted by molar-refractivity contribution is 5.62. The van der Waals surface area contributed by atoms with Crippen molar-refractivity contribution in [1.29, 1.82) is 0 Å². The quantitative estimate of drug-likeness (QED) is 0.753. The van der Waals surface area contributed by atoms with Crippen LogP contribution in [0.2, 0.25) is 0 Å². The summed E-state index contributed by atoms with van der Waals surface area (Å²) in [5, 5.41) is 7.42. The smallest absolute Gasteiger partial charge is 0.300 e. The van der Waals surface area contributed by atoms with Gasteiger partial charge in [0, 0.05) is 12.3 Å². The van der Waals surface area contributed by atoms with Crippen molar-refractivity contribution >= 4 is 5.97 Å². The van der Waals surface area contributed by atoms with Crippen molar-refractivity contribution in [2.24, 2.45) is 0 Å². The monoisotopic (exact) mass is 354 g/mol. The molecule has 2 aromatic rings. The molecule has 0 atom stereocenters. The zero-order chi connectivity index (χ0) is 19.0. The van der Waals surface area contributed by atoms with Gasteiger partial charge in [-0.3, -0.25) is 4.79 Å². The number of carboxylic acids is 1. The summed E-state index contributed by atoms with van der Waals surface area (Å²) < 4.78 is 5.80. The van der Waals surface area contributed by atoms with E-state index < -0.39 is 5.97 Å². The number of hydrogen-bond acceptors (Lipinski definition) is 2. The second kappa shape index (κ2) is 9.42. The first-order chi connectivity index (χ1) is 12.4. The molecule has 3 rings (SSSR count). The van der Waals surface area contributed by atoms with Crippen LogP contribution in [0.4, 0.5) is 0 Å². The molecule has 1 aliphatic rings. The molecular formula is C23H30O3. The molecule has 0 spiro atoms. The van der Waals surface area contributed by atoms with Crippen molar-refractivity contribution in [3.05, 3.63) is 65.7 Å². The molecule has 1 aliphatic carbocycles. The van der Waals surface area contributed by atoms with E-state index in [0.29, 0.717) is 0 Å². The van der Waals surface area contributed by atoms with Crippen LogP contribution in [0.3, 0.4) is 0 Å². The SMILES string of the molecule is CC(=O)O.CC(C)Oc1ccc(C2(c3ccccc3)CCCCC2)cc1. The van der Waals surface area contributed by atoms with Crippen LogP contribution in [-0.4, -0.2) is 17.2 Å². The van der Waals surface area contributed by atoms with Gasteiger partial charge in [0.2, 0.25) is 0 Å². The third kappa shape index (κ3) is 5.35. The van der Waals surface area contributed by atoms with E-state index in [9.17, 15) is 0 Å². The lowest BCUT2D eigenvalue weighted by molar-refractivity contribution is -0.134. The van der Waals surface area contributed by atoms with Crippen LogP contribution in [0.15, 0.2) is 54.6 Å². The van der Waals surface area contributed by atoms with Crippen LogP contribution in [0.25, 0.3) is 0 Å². The van der Waals surface area contributed by atoms with E-state index in [4.69, 9.17) is 14.6 Å². The minimum atomic E-state index is -0.833. The summed E-state index contributed by atoms with van der Waals surface area (Å²) in [6, 6.07) is 19.9. The molecule has 0 amide bonds. The minimum Gasteiger partial charge on any atom is -0.491 e. The molecule has 0 aliphatic heterocycles. The molecule has 0 bridgehead atoms. The molecule has 0 radical (unpaired) electrons. The normalized spacial score (nSPS) is 15.7. The zero-order valence-electron chi connectivity index (χ0n) is 16.1. The van der Waals surface area contributed by atoms with Crippen LogP contribution < -0.4 is 4.74 Å². The van der Waals surface area contributed by atoms with Crippen molar-refractivity contribution in [2.45, 2.75) is 64.4 Å². The highest BCUT2D eigenvalue weighted by Gasteiger charge is 2.35. The molecule has 26 heavy (non-hydrogen) atoms. The fraction of sp³-hybridized carbons (Fsp3) is 0.435. The van der Waals surface area contributed by atoms with E-state index >= 15 is 0 Å². The minimum absolute atomic E-state index is 0.190. The van der Waals surface area contributed by atoms with Crippen molar-refractivity contribution in [2.75, 3.05) is 0 Å². The topological polar surface area (TPSA) is 46.5 Å². The molecule has 1 N–H and O–H groups in total. The summed E-state index contributed by atoms with van der Waals surface area (Å²) in [7, 11) is 0. The molecule has 2 aromatic carbocycles. The van der Waals surface area contributed by atoms with Gasteiger partial charge in [0.15, 0.2) is 0 Å². The lowest BCUT2D eigenvalue weighted by atomic mass is 9.65. The molecule has 1 fully saturated rings. The highest BCUT2D eigenvalue weighted by atomic mass is 16.5. The first-order valence-electron chi connectivity index (χ1n) is 9.46. The van der Waals surface area contributed by atoms with Gasteiger partial charge < -0.3 is 9.84 Å². The third-order valence-electron chi connectivity index (χ3n) is 4.81. The largest absolute Gasteiger partial charge is 0.491 e. The van der Waals surface area contributed by atoms with Gasteiger partial charge in [-0.1, -0.05) is 61.7 Å². The van der Waals surface area contributed by atoms with Crippen LogP contribution >= 0.6 is 0 Å². The molecule has 1 saturated carbocycles. The maximum absolute atomic E-state index is 9.00. The number of ether oxygens (including phenoxy) is 1. The molecule has 3 nitrogen and oxygen atoms in total. The molecule has 3 heteroatoms. The Morgan fingerprint density at radius 1 is 0.923 bits per heavy atom. The average Bonchev–Trinajstić information content (AvgIpc) is 2.63. The van der Waals surface area contributed by atoms with Gasteiger partial charge in [-0.25, -0.2) is 0 Å². The lowest BCUT2D eigenvalue weighted by Crippen LogP contribution is -2.30. The number of carbonyl (C=O) groups is 1. The summed E-state index contributed by atoms with van der Waals surface area (Å²) in [5.41, 5.74) is 3.09. The van der Waals surface area contributed by atoms with Crippen LogP contribution in [-0.2, 0) is 10.2 Å². The molecule has 0 heterocycles. The summed E-state index contributed by atoms with van der Waals surface area (Å²) in [4.78, 5) is 9.00. The van der Waals surface area contributed by atoms with Crippen molar-refractivity contribution in [3.63, 3.8) is 0 Å². The van der Waals surface area contributed by atoms with Crippen molar-refractivity contribution < 1.29 is 14.6 Å². The van der Waals surface area contributed by atoms with Gasteiger partial charge in [-0.15, -0.1) is 0 Å². The van der Waals surface area contributed by atoms with E-state index in [0.717, 1.165) is 12.7 Å². The summed E-state index contributed by atoms with van der Waals surface area (Å²) in [6.45, 7) is 5.22.